The van der Waals surface area contributed by atoms with Crippen LogP contribution in [0.3, 0.4) is 0 Å². The van der Waals surface area contributed by atoms with Gasteiger partial charge in [0.1, 0.15) is 5.75 Å². The van der Waals surface area contributed by atoms with Gasteiger partial charge in [0, 0.05) is 32.5 Å². The van der Waals surface area contributed by atoms with E-state index in [0.29, 0.717) is 25.6 Å². The molecule has 1 saturated carbocycles. The minimum Gasteiger partial charge on any atom is -0.496 e. The van der Waals surface area contributed by atoms with E-state index < -0.39 is 0 Å². The molecule has 1 aliphatic carbocycles. The van der Waals surface area contributed by atoms with Crippen LogP contribution >= 0.6 is 0 Å². The Balaban J connectivity index is 1.73. The predicted molar refractivity (Wildman–Crippen MR) is 94.0 cm³/mol. The molecule has 5 heteroatoms. The molecule has 0 aromatic heterocycles. The van der Waals surface area contributed by atoms with E-state index >= 15 is 0 Å². The molecule has 0 atom stereocenters. The lowest BCUT2D eigenvalue weighted by molar-refractivity contribution is -0.131. The van der Waals surface area contributed by atoms with Crippen LogP contribution in [0, 0.1) is 0 Å². The lowest BCUT2D eigenvalue weighted by Crippen LogP contribution is -2.40. The number of nitrogens with zero attached hydrogens (tertiary/aromatic N) is 1. The summed E-state index contributed by atoms with van der Waals surface area (Å²) in [4.78, 5) is 25.7. The Morgan fingerprint density at radius 2 is 1.96 bits per heavy atom. The second-order valence-electron chi connectivity index (χ2n) is 6.31. The zero-order valence-electron chi connectivity index (χ0n) is 14.7. The maximum absolute atomic E-state index is 12.0. The highest BCUT2D eigenvalue weighted by atomic mass is 16.5. The van der Waals surface area contributed by atoms with Crippen molar-refractivity contribution in [3.63, 3.8) is 0 Å². The number of amides is 2. The zero-order valence-corrected chi connectivity index (χ0v) is 14.7. The molecule has 1 aromatic rings. The first kappa shape index (κ1) is 18.3. The van der Waals surface area contributed by atoms with Crippen LogP contribution < -0.4 is 10.1 Å². The minimum atomic E-state index is -0.00542. The van der Waals surface area contributed by atoms with E-state index in [-0.39, 0.29) is 11.8 Å². The number of hydrogen-bond donors (Lipinski definition) is 1. The summed E-state index contributed by atoms with van der Waals surface area (Å²) >= 11 is 0. The average molecular weight is 332 g/mol. The lowest BCUT2D eigenvalue weighted by Gasteiger charge is -2.27. The maximum Gasteiger partial charge on any atom is 0.221 e. The van der Waals surface area contributed by atoms with Gasteiger partial charge < -0.3 is 15.0 Å². The van der Waals surface area contributed by atoms with Gasteiger partial charge >= 0.3 is 0 Å². The Bertz CT molecular complexity index is 553. The van der Waals surface area contributed by atoms with Crippen molar-refractivity contribution in [1.29, 1.82) is 0 Å². The summed E-state index contributed by atoms with van der Waals surface area (Å²) in [7, 11) is 1.65. The molecule has 5 nitrogen and oxygen atoms in total. The van der Waals surface area contributed by atoms with E-state index in [2.05, 4.69) is 5.32 Å². The molecular weight excluding hydrogens is 304 g/mol. The predicted octanol–water partition coefficient (Wildman–Crippen LogP) is 2.54. The van der Waals surface area contributed by atoms with Crippen molar-refractivity contribution in [1.82, 2.24) is 10.2 Å². The molecule has 0 heterocycles. The quantitative estimate of drug-likeness (QED) is 0.796. The Morgan fingerprint density at radius 1 is 1.25 bits per heavy atom. The monoisotopic (exact) mass is 332 g/mol. The normalized spacial score (nSPS) is 14.4. The molecule has 0 saturated heterocycles. The standard InChI is InChI=1S/C19H28N2O3/c1-15(22)21(17-8-4-5-9-17)14-12-19(23)20-13-11-16-7-3-6-10-18(16)24-2/h3,6-7,10,17H,4-5,8-9,11-14H2,1-2H3,(H,20,23). The number of carbonyl (C=O) groups excluding carboxylic acids is 2. The molecule has 1 fully saturated rings. The zero-order chi connectivity index (χ0) is 17.4. The topological polar surface area (TPSA) is 58.6 Å². The van der Waals surface area contributed by atoms with Gasteiger partial charge in [-0.25, -0.2) is 0 Å². The van der Waals surface area contributed by atoms with Gasteiger partial charge in [-0.3, -0.25) is 9.59 Å². The van der Waals surface area contributed by atoms with E-state index in [9.17, 15) is 9.59 Å². The molecule has 24 heavy (non-hydrogen) atoms. The highest BCUT2D eigenvalue weighted by Crippen LogP contribution is 2.23. The van der Waals surface area contributed by atoms with Gasteiger partial charge in [0.25, 0.3) is 0 Å². The van der Waals surface area contributed by atoms with Gasteiger partial charge in [0.15, 0.2) is 0 Å². The van der Waals surface area contributed by atoms with Crippen LogP contribution in [0.25, 0.3) is 0 Å². The highest BCUT2D eigenvalue weighted by molar-refractivity contribution is 5.78. The molecule has 0 radical (unpaired) electrons. The van der Waals surface area contributed by atoms with E-state index in [1.165, 1.54) is 12.8 Å². The minimum absolute atomic E-state index is 0.00542. The van der Waals surface area contributed by atoms with Crippen LogP contribution in [-0.2, 0) is 16.0 Å². The highest BCUT2D eigenvalue weighted by Gasteiger charge is 2.24. The Kier molecular flexibility index (Phi) is 7.09. The molecule has 0 spiro atoms. The number of nitrogens with one attached hydrogen (secondary N) is 1. The van der Waals surface area contributed by atoms with Crippen molar-refractivity contribution in [2.75, 3.05) is 20.2 Å². The fraction of sp³-hybridized carbons (Fsp3) is 0.579. The van der Waals surface area contributed by atoms with E-state index in [1.807, 2.05) is 29.2 Å². The number of rotatable bonds is 8. The first-order valence-electron chi connectivity index (χ1n) is 8.77. The van der Waals surface area contributed by atoms with Crippen LogP contribution in [-0.4, -0.2) is 43.0 Å². The van der Waals surface area contributed by atoms with Gasteiger partial charge in [-0.15, -0.1) is 0 Å². The van der Waals surface area contributed by atoms with E-state index in [1.54, 1.807) is 14.0 Å². The maximum atomic E-state index is 12.0. The smallest absolute Gasteiger partial charge is 0.221 e. The summed E-state index contributed by atoms with van der Waals surface area (Å²) in [6.07, 6.45) is 5.58. The largest absolute Gasteiger partial charge is 0.496 e. The number of methoxy groups -OCH3 is 1. The first-order chi connectivity index (χ1) is 11.6. The third-order valence-corrected chi connectivity index (χ3v) is 4.66. The van der Waals surface area contributed by atoms with Crippen LogP contribution in [0.15, 0.2) is 24.3 Å². The molecule has 2 rings (SSSR count). The molecule has 132 valence electrons. The summed E-state index contributed by atoms with van der Waals surface area (Å²) < 4.78 is 5.31. The summed E-state index contributed by atoms with van der Waals surface area (Å²) in [5.74, 6) is 0.911. The van der Waals surface area contributed by atoms with Crippen molar-refractivity contribution in [2.45, 2.75) is 51.5 Å². The van der Waals surface area contributed by atoms with Crippen molar-refractivity contribution in [3.05, 3.63) is 29.8 Å². The fourth-order valence-electron chi connectivity index (χ4n) is 3.37. The first-order valence-corrected chi connectivity index (χ1v) is 8.77. The second kappa shape index (κ2) is 9.30. The number of benzene rings is 1. The SMILES string of the molecule is COc1ccccc1CCNC(=O)CCN(C(C)=O)C1CCCC1. The van der Waals surface area contributed by atoms with Crippen LogP contribution in [0.2, 0.25) is 0 Å². The van der Waals surface area contributed by atoms with Gasteiger partial charge in [0.05, 0.1) is 7.11 Å². The summed E-state index contributed by atoms with van der Waals surface area (Å²) in [6, 6.07) is 8.14. The number of carbonyl (C=O) groups is 2. The molecule has 0 aliphatic heterocycles. The van der Waals surface area contributed by atoms with Crippen molar-refractivity contribution >= 4 is 11.8 Å². The summed E-state index contributed by atoms with van der Waals surface area (Å²) in [6.45, 7) is 2.68. The van der Waals surface area contributed by atoms with Gasteiger partial charge in [-0.2, -0.15) is 0 Å². The number of hydrogen-bond acceptors (Lipinski definition) is 3. The van der Waals surface area contributed by atoms with Crippen molar-refractivity contribution in [2.24, 2.45) is 0 Å². The Labute approximate surface area is 144 Å². The molecule has 2 amide bonds. The third kappa shape index (κ3) is 5.25. The Hall–Kier alpha value is -2.04. The summed E-state index contributed by atoms with van der Waals surface area (Å²) in [5, 5.41) is 2.93. The van der Waals surface area contributed by atoms with E-state index in [0.717, 1.165) is 30.6 Å². The lowest BCUT2D eigenvalue weighted by atomic mass is 10.1. The van der Waals surface area contributed by atoms with Crippen LogP contribution in [0.5, 0.6) is 5.75 Å². The van der Waals surface area contributed by atoms with E-state index in [4.69, 9.17) is 4.74 Å². The molecular formula is C19H28N2O3. The molecule has 1 aliphatic rings. The van der Waals surface area contributed by atoms with Gasteiger partial charge in [-0.05, 0) is 30.9 Å². The van der Waals surface area contributed by atoms with Gasteiger partial charge in [-0.1, -0.05) is 31.0 Å². The summed E-state index contributed by atoms with van der Waals surface area (Å²) in [5.41, 5.74) is 1.08. The molecule has 0 unspecified atom stereocenters. The Morgan fingerprint density at radius 3 is 2.62 bits per heavy atom. The van der Waals surface area contributed by atoms with Crippen LogP contribution in [0.4, 0.5) is 0 Å². The molecule has 1 aromatic carbocycles. The molecule has 1 N–H and O–H groups in total. The average Bonchev–Trinajstić information content (AvgIpc) is 3.09. The number of ether oxygens (including phenoxy) is 1. The van der Waals surface area contributed by atoms with Gasteiger partial charge in [0.2, 0.25) is 11.8 Å². The van der Waals surface area contributed by atoms with Crippen molar-refractivity contribution in [3.8, 4) is 5.75 Å². The fourth-order valence-corrected chi connectivity index (χ4v) is 3.37. The third-order valence-electron chi connectivity index (χ3n) is 4.66. The van der Waals surface area contributed by atoms with Crippen molar-refractivity contribution < 1.29 is 14.3 Å². The molecule has 0 bridgehead atoms. The van der Waals surface area contributed by atoms with Crippen LogP contribution in [0.1, 0.15) is 44.6 Å². The second-order valence-corrected chi connectivity index (χ2v) is 6.31. The number of para-hydroxylation sites is 1.